The van der Waals surface area contributed by atoms with Crippen LogP contribution in [0.4, 0.5) is 4.79 Å². The number of β-amino-alcohol motifs (C(OH)–C–C–N with tert-alkyl or cyclic N) is 1. The van der Waals surface area contributed by atoms with Crippen molar-refractivity contribution in [1.29, 1.82) is 0 Å². The van der Waals surface area contributed by atoms with Crippen molar-refractivity contribution in [2.75, 3.05) is 20.3 Å². The predicted molar refractivity (Wildman–Crippen MR) is 109 cm³/mol. The fourth-order valence-corrected chi connectivity index (χ4v) is 3.22. The van der Waals surface area contributed by atoms with Gasteiger partial charge in [0.1, 0.15) is 29.7 Å². The number of benzene rings is 2. The van der Waals surface area contributed by atoms with Crippen LogP contribution in [-0.4, -0.2) is 54.1 Å². The molecule has 0 aromatic heterocycles. The average Bonchev–Trinajstić information content (AvgIpc) is 2.96. The van der Waals surface area contributed by atoms with Crippen molar-refractivity contribution in [2.24, 2.45) is 0 Å². The Morgan fingerprint density at radius 2 is 1.70 bits per heavy atom. The lowest BCUT2D eigenvalue weighted by molar-refractivity contribution is -0.132. The topological polar surface area (TPSA) is 105 Å². The molecule has 0 aliphatic carbocycles. The van der Waals surface area contributed by atoms with Crippen LogP contribution < -0.4 is 14.8 Å². The molecule has 2 N–H and O–H groups in total. The van der Waals surface area contributed by atoms with E-state index in [4.69, 9.17) is 9.47 Å². The smallest absolute Gasteiger partial charge is 0.325 e. The van der Waals surface area contributed by atoms with Crippen LogP contribution in [0.15, 0.2) is 48.5 Å². The summed E-state index contributed by atoms with van der Waals surface area (Å²) >= 11 is 0. The Morgan fingerprint density at radius 1 is 1.10 bits per heavy atom. The van der Waals surface area contributed by atoms with Crippen molar-refractivity contribution in [3.63, 3.8) is 0 Å². The van der Waals surface area contributed by atoms with E-state index in [-0.39, 0.29) is 18.9 Å². The molecule has 2 atom stereocenters. The van der Waals surface area contributed by atoms with Gasteiger partial charge in [-0.2, -0.15) is 0 Å². The number of Topliss-reactive ketones (excluding diaryl/α,β-unsaturated/α-hetero) is 1. The Morgan fingerprint density at radius 3 is 2.27 bits per heavy atom. The molecule has 8 heteroatoms. The van der Waals surface area contributed by atoms with Crippen molar-refractivity contribution >= 4 is 17.7 Å². The first-order chi connectivity index (χ1) is 14.2. The lowest BCUT2D eigenvalue weighted by Gasteiger charge is -2.23. The third-order valence-electron chi connectivity index (χ3n) is 5.04. The van der Waals surface area contributed by atoms with Gasteiger partial charge in [0.2, 0.25) is 0 Å². The number of carbonyl (C=O) groups is 3. The van der Waals surface area contributed by atoms with Gasteiger partial charge in [-0.25, -0.2) is 4.79 Å². The van der Waals surface area contributed by atoms with Gasteiger partial charge < -0.3 is 19.9 Å². The van der Waals surface area contributed by atoms with Crippen molar-refractivity contribution in [1.82, 2.24) is 10.2 Å². The summed E-state index contributed by atoms with van der Waals surface area (Å²) < 4.78 is 10.6. The highest BCUT2D eigenvalue weighted by atomic mass is 16.5. The third-order valence-corrected chi connectivity index (χ3v) is 5.04. The fourth-order valence-electron chi connectivity index (χ4n) is 3.22. The van der Waals surface area contributed by atoms with E-state index in [1.165, 1.54) is 6.92 Å². The third kappa shape index (κ3) is 4.28. The van der Waals surface area contributed by atoms with Gasteiger partial charge in [-0.3, -0.25) is 14.5 Å². The van der Waals surface area contributed by atoms with Crippen LogP contribution in [0.3, 0.4) is 0 Å². The molecule has 0 saturated carbocycles. The number of ketones is 1. The number of rotatable bonds is 8. The number of imide groups is 1. The van der Waals surface area contributed by atoms with Gasteiger partial charge in [0, 0.05) is 5.56 Å². The highest BCUT2D eigenvalue weighted by molar-refractivity contribution is 6.07. The summed E-state index contributed by atoms with van der Waals surface area (Å²) in [6.07, 6.45) is -1.08. The summed E-state index contributed by atoms with van der Waals surface area (Å²) in [7, 11) is 1.54. The quantitative estimate of drug-likeness (QED) is 0.508. The van der Waals surface area contributed by atoms with Crippen LogP contribution in [0, 0.1) is 0 Å². The molecule has 0 spiro atoms. The summed E-state index contributed by atoms with van der Waals surface area (Å²) in [6.45, 7) is 2.77. The molecule has 1 aliphatic rings. The van der Waals surface area contributed by atoms with Crippen molar-refractivity contribution in [2.45, 2.75) is 25.5 Å². The molecule has 158 valence electrons. The largest absolute Gasteiger partial charge is 0.497 e. The highest BCUT2D eigenvalue weighted by Crippen LogP contribution is 2.30. The number of carbonyl (C=O) groups excluding carboxylic acids is 3. The van der Waals surface area contributed by atoms with E-state index in [1.54, 1.807) is 62.6 Å². The van der Waals surface area contributed by atoms with E-state index < -0.39 is 23.6 Å². The number of hydrogen-bond donors (Lipinski definition) is 2. The minimum atomic E-state index is -1.23. The first kappa shape index (κ1) is 21.3. The first-order valence-electron chi connectivity index (χ1n) is 9.45. The second kappa shape index (κ2) is 8.54. The molecule has 8 nitrogen and oxygen atoms in total. The standard InChI is InChI=1S/C22H24N2O6/c1-14(25)15-4-8-19(9-5-15)30-13-17(26)12-24-20(27)22(2,23-21(24)28)16-6-10-18(29-3)11-7-16/h4-11,17,26H,12-13H2,1-3H3,(H,23,28)/t17-,22-/m0/s1. The summed E-state index contributed by atoms with van der Waals surface area (Å²) in [5.74, 6) is 0.599. The second-order valence-corrected chi connectivity index (χ2v) is 7.24. The molecule has 1 heterocycles. The zero-order valence-electron chi connectivity index (χ0n) is 17.0. The van der Waals surface area contributed by atoms with Gasteiger partial charge >= 0.3 is 6.03 Å². The molecular weight excluding hydrogens is 388 g/mol. The number of amides is 3. The van der Waals surface area contributed by atoms with Gasteiger partial charge in [0.25, 0.3) is 5.91 Å². The minimum absolute atomic E-state index is 0.0555. The van der Waals surface area contributed by atoms with Crippen LogP contribution in [0.1, 0.15) is 29.8 Å². The van der Waals surface area contributed by atoms with E-state index in [1.807, 2.05) is 0 Å². The summed E-state index contributed by atoms with van der Waals surface area (Å²) in [5, 5.41) is 13.0. The van der Waals surface area contributed by atoms with Gasteiger partial charge in [0.05, 0.1) is 13.7 Å². The van der Waals surface area contributed by atoms with E-state index in [0.717, 1.165) is 4.90 Å². The van der Waals surface area contributed by atoms with Crippen LogP contribution >= 0.6 is 0 Å². The predicted octanol–water partition coefficient (Wildman–Crippen LogP) is 2.10. The van der Waals surface area contributed by atoms with Crippen molar-refractivity contribution < 1.29 is 29.0 Å². The number of aliphatic hydroxyl groups is 1. The van der Waals surface area contributed by atoms with E-state index in [0.29, 0.717) is 22.6 Å². The number of aliphatic hydroxyl groups excluding tert-OH is 1. The van der Waals surface area contributed by atoms with E-state index in [2.05, 4.69) is 5.32 Å². The summed E-state index contributed by atoms with van der Waals surface area (Å²) in [4.78, 5) is 37.6. The Bertz CT molecular complexity index is 941. The molecule has 2 aromatic rings. The van der Waals surface area contributed by atoms with Crippen LogP contribution in [0.2, 0.25) is 0 Å². The SMILES string of the molecule is COc1ccc([C@]2(C)NC(=O)N(C[C@H](O)COc3ccc(C(C)=O)cc3)C2=O)cc1. The lowest BCUT2D eigenvalue weighted by atomic mass is 9.92. The molecule has 0 bridgehead atoms. The number of nitrogens with zero attached hydrogens (tertiary/aromatic N) is 1. The molecule has 3 rings (SSSR count). The van der Waals surface area contributed by atoms with Gasteiger partial charge in [-0.15, -0.1) is 0 Å². The van der Waals surface area contributed by atoms with E-state index >= 15 is 0 Å². The van der Waals surface area contributed by atoms with E-state index in [9.17, 15) is 19.5 Å². The second-order valence-electron chi connectivity index (χ2n) is 7.24. The molecule has 3 amide bonds. The molecular formula is C22H24N2O6. The monoisotopic (exact) mass is 412 g/mol. The normalized spacial score (nSPS) is 19.4. The maximum absolute atomic E-state index is 12.9. The first-order valence-corrected chi connectivity index (χ1v) is 9.45. The maximum Gasteiger partial charge on any atom is 0.325 e. The molecule has 1 aliphatic heterocycles. The Hall–Kier alpha value is -3.39. The highest BCUT2D eigenvalue weighted by Gasteiger charge is 2.49. The number of ether oxygens (including phenoxy) is 2. The Labute approximate surface area is 174 Å². The summed E-state index contributed by atoms with van der Waals surface area (Å²) in [5.41, 5.74) is -0.0626. The average molecular weight is 412 g/mol. The zero-order chi connectivity index (χ0) is 21.9. The van der Waals surface area contributed by atoms with Gasteiger partial charge in [0.15, 0.2) is 5.78 Å². The molecule has 30 heavy (non-hydrogen) atoms. The molecule has 1 fully saturated rings. The number of urea groups is 1. The number of methoxy groups -OCH3 is 1. The van der Waals surface area contributed by atoms with Crippen molar-refractivity contribution in [3.8, 4) is 11.5 Å². The Kier molecular flexibility index (Phi) is 6.07. The number of hydrogen-bond acceptors (Lipinski definition) is 6. The molecule has 1 saturated heterocycles. The fraction of sp³-hybridized carbons (Fsp3) is 0.318. The van der Waals surface area contributed by atoms with Crippen LogP contribution in [-0.2, 0) is 10.3 Å². The molecule has 0 unspecified atom stereocenters. The van der Waals surface area contributed by atoms with Crippen LogP contribution in [0.25, 0.3) is 0 Å². The minimum Gasteiger partial charge on any atom is -0.497 e. The number of nitrogens with one attached hydrogen (secondary N) is 1. The molecule has 0 radical (unpaired) electrons. The summed E-state index contributed by atoms with van der Waals surface area (Å²) in [6, 6.07) is 12.8. The van der Waals surface area contributed by atoms with Gasteiger partial charge in [-0.1, -0.05) is 12.1 Å². The van der Waals surface area contributed by atoms with Crippen LogP contribution in [0.5, 0.6) is 11.5 Å². The lowest BCUT2D eigenvalue weighted by Crippen LogP contribution is -2.42. The van der Waals surface area contributed by atoms with Gasteiger partial charge in [-0.05, 0) is 55.8 Å². The maximum atomic E-state index is 12.9. The molecule has 2 aromatic carbocycles. The van der Waals surface area contributed by atoms with Crippen molar-refractivity contribution in [3.05, 3.63) is 59.7 Å². The zero-order valence-corrected chi connectivity index (χ0v) is 17.0. The Balaban J connectivity index is 1.62.